The minimum absolute atomic E-state index is 0.0147. The molecule has 6 rings (SSSR count). The smallest absolute Gasteiger partial charge is 0.246 e. The minimum atomic E-state index is -1.29. The van der Waals surface area contributed by atoms with Crippen molar-refractivity contribution in [3.63, 3.8) is 0 Å². The highest BCUT2D eigenvalue weighted by Crippen LogP contribution is 2.55. The first-order valence-corrected chi connectivity index (χ1v) is 14.8. The molecule has 0 aromatic heterocycles. The second-order valence-electron chi connectivity index (χ2n) is 11.8. The molecule has 8 atom stereocenters. The molecule has 3 aliphatic heterocycles. The van der Waals surface area contributed by atoms with Crippen LogP contribution in [0.1, 0.15) is 38.7 Å². The Balaban J connectivity index is 1.32. The van der Waals surface area contributed by atoms with E-state index in [4.69, 9.17) is 27.9 Å². The summed E-state index contributed by atoms with van der Waals surface area (Å²) in [4.78, 5) is 43.5. The normalized spacial score (nSPS) is 33.6. The number of benzene rings is 2. The van der Waals surface area contributed by atoms with Crippen molar-refractivity contribution in [3.8, 4) is 0 Å². The van der Waals surface area contributed by atoms with Crippen LogP contribution >= 0.6 is 23.2 Å². The van der Waals surface area contributed by atoms with Gasteiger partial charge in [0.15, 0.2) is 0 Å². The third-order valence-electron chi connectivity index (χ3n) is 9.41. The molecule has 10 heteroatoms. The lowest BCUT2D eigenvalue weighted by molar-refractivity contribution is -0.142. The van der Waals surface area contributed by atoms with Crippen LogP contribution in [0, 0.1) is 29.5 Å². The quantitative estimate of drug-likeness (QED) is 0.437. The van der Waals surface area contributed by atoms with Gasteiger partial charge in [-0.05, 0) is 54.2 Å². The van der Waals surface area contributed by atoms with E-state index in [1.807, 2.05) is 12.1 Å². The summed E-state index contributed by atoms with van der Waals surface area (Å²) in [5.41, 5.74) is -0.179. The second kappa shape index (κ2) is 10.7. The lowest BCUT2D eigenvalue weighted by Crippen LogP contribution is -2.57. The summed E-state index contributed by atoms with van der Waals surface area (Å²) < 4.78 is 20.1. The summed E-state index contributed by atoms with van der Waals surface area (Å²) in [6.45, 7) is 4.51. The van der Waals surface area contributed by atoms with Crippen LogP contribution < -0.4 is 10.6 Å². The Morgan fingerprint density at radius 2 is 1.85 bits per heavy atom. The van der Waals surface area contributed by atoms with Crippen LogP contribution in [0.4, 0.5) is 10.1 Å². The van der Waals surface area contributed by atoms with Crippen molar-refractivity contribution in [2.45, 2.75) is 63.4 Å². The predicted molar refractivity (Wildman–Crippen MR) is 154 cm³/mol. The lowest BCUT2D eigenvalue weighted by Gasteiger charge is -2.38. The number of ether oxygens (including phenoxy) is 1. The van der Waals surface area contributed by atoms with Gasteiger partial charge < -0.3 is 20.3 Å². The van der Waals surface area contributed by atoms with Crippen molar-refractivity contribution in [2.75, 3.05) is 5.32 Å². The summed E-state index contributed by atoms with van der Waals surface area (Å²) in [5.74, 6) is -2.68. The molecule has 2 saturated heterocycles. The molecule has 216 valence electrons. The van der Waals surface area contributed by atoms with E-state index in [0.29, 0.717) is 22.5 Å². The molecule has 3 amide bonds. The van der Waals surface area contributed by atoms with Gasteiger partial charge in [0.2, 0.25) is 17.7 Å². The Labute approximate surface area is 248 Å². The SMILES string of the molecule is C[C@@H]1[C@H](C)CCC[C@@H]1NC(=O)[C@@H]1N(Cc2ccc(Cl)cc2)C(=O)[C@H]2[C@@H](C(=O)Nc3ccc(F)c(Cl)c3)[C@H]3C=C[C@@]12O3. The van der Waals surface area contributed by atoms with Crippen LogP contribution in [0.5, 0.6) is 0 Å². The molecule has 3 heterocycles. The fourth-order valence-corrected chi connectivity index (χ4v) is 7.38. The van der Waals surface area contributed by atoms with Gasteiger partial charge in [0.05, 0.1) is 23.0 Å². The molecule has 0 unspecified atom stereocenters. The predicted octanol–water partition coefficient (Wildman–Crippen LogP) is 5.36. The second-order valence-corrected chi connectivity index (χ2v) is 12.6. The number of amides is 3. The number of carbonyl (C=O) groups is 3. The fourth-order valence-electron chi connectivity index (χ4n) is 7.07. The number of likely N-dealkylation sites (tertiary alicyclic amines) is 1. The molecular weight excluding hydrogens is 568 g/mol. The van der Waals surface area contributed by atoms with Gasteiger partial charge in [-0.1, -0.05) is 74.2 Å². The number of hydrogen-bond donors (Lipinski definition) is 2. The molecule has 2 aromatic carbocycles. The summed E-state index contributed by atoms with van der Waals surface area (Å²) >= 11 is 12.0. The standard InChI is InChI=1S/C31H32Cl2FN3O4/c1-16-4-3-5-23(17(16)2)36-29(39)27-31-13-12-24(41-31)25(28(38)35-20-10-11-22(34)21(33)14-20)26(31)30(40)37(27)15-18-6-8-19(32)9-7-18/h6-14,16-17,23-27H,3-5,15H2,1-2H3,(H,35,38)(H,36,39)/t16-,17-,23+,24-,25+,26-,27+,31+/m1/s1. The minimum Gasteiger partial charge on any atom is -0.359 e. The Morgan fingerprint density at radius 1 is 1.10 bits per heavy atom. The van der Waals surface area contributed by atoms with Crippen LogP contribution in [0.25, 0.3) is 0 Å². The average Bonchev–Trinajstić information content (AvgIpc) is 3.58. The van der Waals surface area contributed by atoms with Crippen molar-refractivity contribution in [3.05, 3.63) is 76.0 Å². The zero-order valence-corrected chi connectivity index (χ0v) is 24.3. The third-order valence-corrected chi connectivity index (χ3v) is 9.95. The van der Waals surface area contributed by atoms with Crippen molar-refractivity contribution in [1.82, 2.24) is 10.2 Å². The fraction of sp³-hybridized carbons (Fsp3) is 0.452. The molecule has 1 spiro atoms. The number of nitrogens with zero attached hydrogens (tertiary/aromatic N) is 1. The van der Waals surface area contributed by atoms with E-state index in [0.717, 1.165) is 24.8 Å². The van der Waals surface area contributed by atoms with E-state index in [1.165, 1.54) is 18.2 Å². The van der Waals surface area contributed by atoms with E-state index in [2.05, 4.69) is 24.5 Å². The van der Waals surface area contributed by atoms with Crippen molar-refractivity contribution in [2.24, 2.45) is 23.7 Å². The number of hydrogen-bond acceptors (Lipinski definition) is 4. The van der Waals surface area contributed by atoms with E-state index < -0.39 is 41.3 Å². The highest BCUT2D eigenvalue weighted by Gasteiger charge is 2.72. The molecule has 3 fully saturated rings. The summed E-state index contributed by atoms with van der Waals surface area (Å²) in [5, 5.41) is 6.46. The van der Waals surface area contributed by atoms with E-state index in [1.54, 1.807) is 29.2 Å². The molecule has 2 bridgehead atoms. The Kier molecular flexibility index (Phi) is 7.37. The van der Waals surface area contributed by atoms with Crippen LogP contribution in [0.2, 0.25) is 10.0 Å². The van der Waals surface area contributed by atoms with E-state index >= 15 is 0 Å². The summed E-state index contributed by atoms with van der Waals surface area (Å²) in [6, 6.07) is 10.0. The molecule has 4 aliphatic rings. The molecule has 0 radical (unpaired) electrons. The molecule has 2 aromatic rings. The van der Waals surface area contributed by atoms with Gasteiger partial charge in [-0.25, -0.2) is 4.39 Å². The number of anilines is 1. The Bertz CT molecular complexity index is 1420. The molecule has 41 heavy (non-hydrogen) atoms. The lowest BCUT2D eigenvalue weighted by atomic mass is 9.73. The van der Waals surface area contributed by atoms with Gasteiger partial charge in [0.1, 0.15) is 17.5 Å². The van der Waals surface area contributed by atoms with E-state index in [9.17, 15) is 18.8 Å². The number of nitrogens with one attached hydrogen (secondary N) is 2. The monoisotopic (exact) mass is 599 g/mol. The van der Waals surface area contributed by atoms with Crippen LogP contribution in [0.15, 0.2) is 54.6 Å². The Morgan fingerprint density at radius 3 is 2.59 bits per heavy atom. The Hall–Kier alpha value is -2.94. The highest BCUT2D eigenvalue weighted by atomic mass is 35.5. The number of rotatable bonds is 6. The maximum absolute atomic E-state index is 14.2. The summed E-state index contributed by atoms with van der Waals surface area (Å²) in [6.07, 6.45) is 5.89. The molecule has 1 aliphatic carbocycles. The molecule has 2 N–H and O–H groups in total. The van der Waals surface area contributed by atoms with Gasteiger partial charge in [-0.3, -0.25) is 14.4 Å². The van der Waals surface area contributed by atoms with Crippen molar-refractivity contribution < 1.29 is 23.5 Å². The van der Waals surface area contributed by atoms with Gasteiger partial charge in [0, 0.05) is 23.3 Å². The highest BCUT2D eigenvalue weighted by molar-refractivity contribution is 6.31. The van der Waals surface area contributed by atoms with E-state index in [-0.39, 0.29) is 29.4 Å². The van der Waals surface area contributed by atoms with Gasteiger partial charge in [0.25, 0.3) is 0 Å². The number of carbonyl (C=O) groups excluding carboxylic acids is 3. The van der Waals surface area contributed by atoms with Gasteiger partial charge in [-0.15, -0.1) is 0 Å². The first kappa shape index (κ1) is 28.2. The van der Waals surface area contributed by atoms with Crippen molar-refractivity contribution in [1.29, 1.82) is 0 Å². The van der Waals surface area contributed by atoms with Crippen LogP contribution in [-0.2, 0) is 25.7 Å². The zero-order chi connectivity index (χ0) is 29.1. The van der Waals surface area contributed by atoms with Crippen LogP contribution in [-0.4, -0.2) is 46.4 Å². The topological polar surface area (TPSA) is 87.7 Å². The van der Waals surface area contributed by atoms with Crippen LogP contribution in [0.3, 0.4) is 0 Å². The average molecular weight is 601 g/mol. The largest absolute Gasteiger partial charge is 0.359 e. The maximum atomic E-state index is 14.2. The van der Waals surface area contributed by atoms with Gasteiger partial charge >= 0.3 is 0 Å². The van der Waals surface area contributed by atoms with Gasteiger partial charge in [-0.2, -0.15) is 0 Å². The first-order valence-electron chi connectivity index (χ1n) is 14.1. The molecule has 1 saturated carbocycles. The molecular formula is C31H32Cl2FN3O4. The number of halogens is 3. The third kappa shape index (κ3) is 4.84. The maximum Gasteiger partial charge on any atom is 0.246 e. The number of fused-ring (bicyclic) bond motifs is 1. The molecule has 7 nitrogen and oxygen atoms in total. The zero-order valence-electron chi connectivity index (χ0n) is 22.8. The van der Waals surface area contributed by atoms with Crippen molar-refractivity contribution >= 4 is 46.6 Å². The first-order chi connectivity index (χ1) is 19.6. The summed E-state index contributed by atoms with van der Waals surface area (Å²) in [7, 11) is 0.